The molecule has 0 atom stereocenters. The number of fused-ring (bicyclic) bond motifs is 1. The molecule has 8 heteroatoms. The van der Waals surface area contributed by atoms with Crippen LogP contribution in [0.15, 0.2) is 36.4 Å². The van der Waals surface area contributed by atoms with Crippen LogP contribution in [0.5, 0.6) is 11.5 Å². The summed E-state index contributed by atoms with van der Waals surface area (Å²) in [4.78, 5) is 8.90. The summed E-state index contributed by atoms with van der Waals surface area (Å²) in [5.74, 6) is -0.264. The molecule has 2 aromatic carbocycles. The van der Waals surface area contributed by atoms with Crippen molar-refractivity contribution in [1.82, 2.24) is 5.32 Å². The lowest BCUT2D eigenvalue weighted by atomic mass is 9.99. The van der Waals surface area contributed by atoms with Crippen molar-refractivity contribution in [3.63, 3.8) is 0 Å². The number of methoxy groups -OCH3 is 1. The fourth-order valence-corrected chi connectivity index (χ4v) is 2.73. The Morgan fingerprint density at radius 3 is 2.48 bits per heavy atom. The topological polar surface area (TPSA) is 67.8 Å². The fourth-order valence-electron chi connectivity index (χ4n) is 2.73. The number of alkyl halides is 3. The van der Waals surface area contributed by atoms with Gasteiger partial charge in [-0.15, -0.1) is 0 Å². The first kappa shape index (κ1) is 20.8. The summed E-state index contributed by atoms with van der Waals surface area (Å²) in [6.07, 6.45) is -2.68. The highest BCUT2D eigenvalue weighted by Crippen LogP contribution is 2.29. The first-order valence-electron chi connectivity index (χ1n) is 8.51. The average molecular weight is 385 g/mol. The Bertz CT molecular complexity index is 758. The first-order valence-corrected chi connectivity index (χ1v) is 8.51. The first-order chi connectivity index (χ1) is 12.8. The van der Waals surface area contributed by atoms with Gasteiger partial charge >= 0.3 is 12.1 Å². The normalized spacial score (nSPS) is 15.0. The second-order valence-electron chi connectivity index (χ2n) is 6.15. The highest BCUT2D eigenvalue weighted by molar-refractivity contribution is 5.89. The van der Waals surface area contributed by atoms with Gasteiger partial charge in [0.15, 0.2) is 0 Å². The molecule has 0 aromatic heterocycles. The van der Waals surface area contributed by atoms with Crippen LogP contribution in [0, 0.1) is 5.92 Å². The summed E-state index contributed by atoms with van der Waals surface area (Å²) in [7, 11) is 1.69. The number of halogens is 3. The van der Waals surface area contributed by atoms with Crippen molar-refractivity contribution in [3.05, 3.63) is 36.4 Å². The van der Waals surface area contributed by atoms with Gasteiger partial charge in [-0.1, -0.05) is 18.2 Å². The van der Waals surface area contributed by atoms with E-state index in [1.807, 2.05) is 24.3 Å². The maximum atomic E-state index is 10.6. The molecule has 1 aliphatic heterocycles. The number of hydrogen-bond acceptors (Lipinski definition) is 4. The van der Waals surface area contributed by atoms with Crippen LogP contribution >= 0.6 is 0 Å². The number of benzene rings is 2. The Morgan fingerprint density at radius 2 is 1.89 bits per heavy atom. The maximum Gasteiger partial charge on any atom is 0.490 e. The summed E-state index contributed by atoms with van der Waals surface area (Å²) in [5, 5.41) is 12.8. The monoisotopic (exact) mass is 385 g/mol. The number of carboxylic acid groups (broad SMARTS) is 1. The van der Waals surface area contributed by atoms with E-state index in [9.17, 15) is 13.2 Å². The minimum atomic E-state index is -5.08. The van der Waals surface area contributed by atoms with Crippen LogP contribution in [0.1, 0.15) is 12.8 Å². The maximum absolute atomic E-state index is 10.6. The Labute approximate surface area is 155 Å². The molecule has 3 rings (SSSR count). The standard InChI is InChI=1S/C17H21NO2.C2HF3O2/c1-19-15-6-5-14-3-2-4-17(16(14)11-15)20-12-13-7-9-18-10-8-13;3-2(4,5)1(6)7/h2-6,11,13,18H,7-10,12H2,1H3;(H,6,7). The zero-order chi connectivity index (χ0) is 19.9. The van der Waals surface area contributed by atoms with E-state index in [-0.39, 0.29) is 0 Å². The van der Waals surface area contributed by atoms with E-state index in [0.29, 0.717) is 5.92 Å². The number of aliphatic carboxylic acids is 1. The molecule has 0 saturated carbocycles. The number of nitrogens with one attached hydrogen (secondary N) is 1. The molecule has 1 heterocycles. The van der Waals surface area contributed by atoms with Crippen LogP contribution in [0.4, 0.5) is 13.2 Å². The molecule has 1 aliphatic rings. The van der Waals surface area contributed by atoms with Gasteiger partial charge in [0, 0.05) is 5.39 Å². The lowest BCUT2D eigenvalue weighted by Crippen LogP contribution is -2.30. The fraction of sp³-hybridized carbons (Fsp3) is 0.421. The Morgan fingerprint density at radius 1 is 1.22 bits per heavy atom. The largest absolute Gasteiger partial charge is 0.497 e. The number of carbonyl (C=O) groups is 1. The summed E-state index contributed by atoms with van der Waals surface area (Å²) in [6, 6.07) is 12.3. The molecular formula is C19H22F3NO4. The number of piperidine rings is 1. The van der Waals surface area contributed by atoms with E-state index in [4.69, 9.17) is 19.4 Å². The van der Waals surface area contributed by atoms with Crippen LogP contribution in [0.25, 0.3) is 10.8 Å². The predicted octanol–water partition coefficient (Wildman–Crippen LogP) is 3.86. The van der Waals surface area contributed by atoms with Crippen molar-refractivity contribution in [2.75, 3.05) is 26.8 Å². The third-order valence-corrected chi connectivity index (χ3v) is 4.23. The number of carboxylic acids is 1. The molecule has 0 amide bonds. The highest BCUT2D eigenvalue weighted by atomic mass is 19.4. The molecule has 1 saturated heterocycles. The molecule has 27 heavy (non-hydrogen) atoms. The Kier molecular flexibility index (Phi) is 7.29. The van der Waals surface area contributed by atoms with Gasteiger partial charge in [-0.3, -0.25) is 0 Å². The smallest absolute Gasteiger partial charge is 0.490 e. The number of rotatable bonds is 4. The molecule has 0 spiro atoms. The second-order valence-corrected chi connectivity index (χ2v) is 6.15. The third kappa shape index (κ3) is 6.32. The van der Waals surface area contributed by atoms with E-state index in [1.54, 1.807) is 7.11 Å². The van der Waals surface area contributed by atoms with Gasteiger partial charge in [0.1, 0.15) is 11.5 Å². The lowest BCUT2D eigenvalue weighted by molar-refractivity contribution is -0.192. The third-order valence-electron chi connectivity index (χ3n) is 4.23. The van der Waals surface area contributed by atoms with Gasteiger partial charge in [0.25, 0.3) is 0 Å². The van der Waals surface area contributed by atoms with Gasteiger partial charge in [-0.05, 0) is 55.4 Å². The van der Waals surface area contributed by atoms with E-state index < -0.39 is 12.1 Å². The number of hydrogen-bond donors (Lipinski definition) is 2. The molecular weight excluding hydrogens is 363 g/mol. The molecule has 0 bridgehead atoms. The second kappa shape index (κ2) is 9.45. The van der Waals surface area contributed by atoms with Crippen LogP contribution < -0.4 is 14.8 Å². The minimum absolute atomic E-state index is 0.664. The molecule has 2 N–H and O–H groups in total. The van der Waals surface area contributed by atoms with Crippen LogP contribution in [-0.4, -0.2) is 44.1 Å². The minimum Gasteiger partial charge on any atom is -0.497 e. The highest BCUT2D eigenvalue weighted by Gasteiger charge is 2.38. The van der Waals surface area contributed by atoms with E-state index in [0.717, 1.165) is 36.6 Å². The summed E-state index contributed by atoms with van der Waals surface area (Å²) < 4.78 is 43.1. The van der Waals surface area contributed by atoms with Crippen molar-refractivity contribution in [2.45, 2.75) is 19.0 Å². The zero-order valence-corrected chi connectivity index (χ0v) is 14.9. The van der Waals surface area contributed by atoms with Crippen LogP contribution in [0.2, 0.25) is 0 Å². The van der Waals surface area contributed by atoms with Crippen molar-refractivity contribution >= 4 is 16.7 Å². The molecule has 0 unspecified atom stereocenters. The summed E-state index contributed by atoms with van der Waals surface area (Å²) in [6.45, 7) is 3.02. The zero-order valence-electron chi connectivity index (χ0n) is 14.9. The van der Waals surface area contributed by atoms with Gasteiger partial charge in [0.05, 0.1) is 13.7 Å². The van der Waals surface area contributed by atoms with Gasteiger partial charge < -0.3 is 19.9 Å². The molecule has 0 radical (unpaired) electrons. The van der Waals surface area contributed by atoms with E-state index in [2.05, 4.69) is 17.4 Å². The Hall–Kier alpha value is -2.48. The van der Waals surface area contributed by atoms with Crippen molar-refractivity contribution in [1.29, 1.82) is 0 Å². The van der Waals surface area contributed by atoms with Crippen molar-refractivity contribution < 1.29 is 32.5 Å². The van der Waals surface area contributed by atoms with Crippen molar-refractivity contribution in [2.24, 2.45) is 5.92 Å². The van der Waals surface area contributed by atoms with Gasteiger partial charge in [-0.2, -0.15) is 13.2 Å². The molecule has 1 fully saturated rings. The predicted molar refractivity (Wildman–Crippen MR) is 95.3 cm³/mol. The van der Waals surface area contributed by atoms with Crippen LogP contribution in [0.3, 0.4) is 0 Å². The van der Waals surface area contributed by atoms with Gasteiger partial charge in [0.2, 0.25) is 0 Å². The Balaban J connectivity index is 0.000000321. The van der Waals surface area contributed by atoms with Crippen molar-refractivity contribution in [3.8, 4) is 11.5 Å². The van der Waals surface area contributed by atoms with Gasteiger partial charge in [-0.25, -0.2) is 4.79 Å². The molecule has 148 valence electrons. The lowest BCUT2D eigenvalue weighted by Gasteiger charge is -2.23. The van der Waals surface area contributed by atoms with E-state index in [1.165, 1.54) is 18.2 Å². The van der Waals surface area contributed by atoms with Crippen LogP contribution in [-0.2, 0) is 4.79 Å². The number of ether oxygens (including phenoxy) is 2. The summed E-state index contributed by atoms with van der Waals surface area (Å²) in [5.41, 5.74) is 0. The quantitative estimate of drug-likeness (QED) is 0.837. The molecule has 5 nitrogen and oxygen atoms in total. The average Bonchev–Trinajstić information content (AvgIpc) is 2.66. The van der Waals surface area contributed by atoms with E-state index >= 15 is 0 Å². The SMILES string of the molecule is COc1ccc2cccc(OCC3CCNCC3)c2c1.O=C(O)C(F)(F)F. The summed E-state index contributed by atoms with van der Waals surface area (Å²) >= 11 is 0. The molecule has 0 aliphatic carbocycles. The molecule has 2 aromatic rings.